The molecule has 1 atom stereocenters. The summed E-state index contributed by atoms with van der Waals surface area (Å²) in [5.74, 6) is 0.568. The lowest BCUT2D eigenvalue weighted by Crippen LogP contribution is -2.34. The van der Waals surface area contributed by atoms with Crippen LogP contribution in [-0.2, 0) is 17.8 Å². The molecule has 0 spiro atoms. The van der Waals surface area contributed by atoms with Gasteiger partial charge in [0, 0.05) is 25.6 Å². The molecule has 1 rings (SSSR count). The number of carbonyl (C=O) groups is 1. The molecule has 1 unspecified atom stereocenters. The molecule has 0 aliphatic rings. The Morgan fingerprint density at radius 3 is 3.00 bits per heavy atom. The van der Waals surface area contributed by atoms with Crippen LogP contribution in [0, 0.1) is 0 Å². The number of hydrogen-bond donors (Lipinski definition) is 3. The third-order valence-corrected chi connectivity index (χ3v) is 2.49. The Kier molecular flexibility index (Phi) is 5.51. The van der Waals surface area contributed by atoms with Crippen molar-refractivity contribution in [1.29, 1.82) is 0 Å². The predicted octanol–water partition coefficient (Wildman–Crippen LogP) is -0.399. The Morgan fingerprint density at radius 2 is 2.38 bits per heavy atom. The molecule has 0 radical (unpaired) electrons. The largest absolute Gasteiger partial charge is 0.335 e. The van der Waals surface area contributed by atoms with Gasteiger partial charge in [0.1, 0.15) is 0 Å². The van der Waals surface area contributed by atoms with Crippen molar-refractivity contribution in [2.45, 2.75) is 25.4 Å². The summed E-state index contributed by atoms with van der Waals surface area (Å²) in [5, 5.41) is 0. The number of rotatable bonds is 7. The number of nitrogens with zero attached hydrogens (tertiary/aromatic N) is 2. The first-order chi connectivity index (χ1) is 7.67. The zero-order valence-corrected chi connectivity index (χ0v) is 10.1. The van der Waals surface area contributed by atoms with Crippen LogP contribution in [-0.4, -0.2) is 33.7 Å². The van der Waals surface area contributed by atoms with Gasteiger partial charge in [0.25, 0.3) is 0 Å². The van der Waals surface area contributed by atoms with Crippen LogP contribution >= 0.6 is 12.6 Å². The summed E-state index contributed by atoms with van der Waals surface area (Å²) in [6, 6.07) is -0.480. The Bertz CT molecular complexity index is 339. The van der Waals surface area contributed by atoms with Gasteiger partial charge in [0.2, 0.25) is 0 Å². The fourth-order valence-corrected chi connectivity index (χ4v) is 1.63. The molecule has 1 aromatic rings. The Balaban J connectivity index is 2.48. The number of carbonyl (C=O) groups excluding carboxylic acids is 1. The maximum absolute atomic E-state index is 11.5. The standard InChI is InChI=1S/C10H18N4OS/c11-3-1-8-5-14(7-13-8)6-9(12)10(15)2-4-16/h5,7,9,16H,1-4,6,11-12H2. The molecular weight excluding hydrogens is 224 g/mol. The quantitative estimate of drug-likeness (QED) is 0.568. The topological polar surface area (TPSA) is 86.9 Å². The third-order valence-electron chi connectivity index (χ3n) is 2.27. The molecule has 5 nitrogen and oxygen atoms in total. The minimum absolute atomic E-state index is 0.0316. The summed E-state index contributed by atoms with van der Waals surface area (Å²) >= 11 is 4.00. The van der Waals surface area contributed by atoms with Crippen LogP contribution in [0.25, 0.3) is 0 Å². The lowest BCUT2D eigenvalue weighted by Gasteiger charge is -2.09. The fourth-order valence-electron chi connectivity index (χ4n) is 1.41. The Hall–Kier alpha value is -0.850. The molecule has 0 saturated heterocycles. The molecule has 16 heavy (non-hydrogen) atoms. The van der Waals surface area contributed by atoms with E-state index in [0.717, 1.165) is 12.1 Å². The SMILES string of the molecule is NCCc1cn(CC(N)C(=O)CCS)cn1. The second-order valence-corrected chi connectivity index (χ2v) is 4.09. The van der Waals surface area contributed by atoms with Crippen molar-refractivity contribution in [3.8, 4) is 0 Å². The van der Waals surface area contributed by atoms with Crippen molar-refractivity contribution in [2.75, 3.05) is 12.3 Å². The number of nitrogens with two attached hydrogens (primary N) is 2. The van der Waals surface area contributed by atoms with E-state index in [1.165, 1.54) is 0 Å². The average molecular weight is 242 g/mol. The van der Waals surface area contributed by atoms with E-state index in [0.29, 0.717) is 25.3 Å². The van der Waals surface area contributed by atoms with Crippen LogP contribution in [0.3, 0.4) is 0 Å². The zero-order chi connectivity index (χ0) is 12.0. The highest BCUT2D eigenvalue weighted by Gasteiger charge is 2.13. The van der Waals surface area contributed by atoms with E-state index in [1.54, 1.807) is 6.33 Å². The molecule has 90 valence electrons. The molecule has 0 saturated carbocycles. The van der Waals surface area contributed by atoms with Crippen molar-refractivity contribution >= 4 is 18.4 Å². The number of thiol groups is 1. The highest BCUT2D eigenvalue weighted by molar-refractivity contribution is 7.80. The number of ketones is 1. The first-order valence-corrected chi connectivity index (χ1v) is 5.90. The lowest BCUT2D eigenvalue weighted by molar-refractivity contribution is -0.120. The van der Waals surface area contributed by atoms with Gasteiger partial charge in [0.15, 0.2) is 5.78 Å². The molecule has 1 aromatic heterocycles. The average Bonchev–Trinajstić information content (AvgIpc) is 2.66. The Labute approximate surface area is 101 Å². The van der Waals surface area contributed by atoms with Gasteiger partial charge < -0.3 is 16.0 Å². The first-order valence-electron chi connectivity index (χ1n) is 5.27. The molecular formula is C10H18N4OS. The van der Waals surface area contributed by atoms with E-state index in [4.69, 9.17) is 11.5 Å². The summed E-state index contributed by atoms with van der Waals surface area (Å²) < 4.78 is 1.83. The van der Waals surface area contributed by atoms with Gasteiger partial charge in [-0.1, -0.05) is 0 Å². The van der Waals surface area contributed by atoms with Gasteiger partial charge in [-0.15, -0.1) is 0 Å². The zero-order valence-electron chi connectivity index (χ0n) is 9.17. The van der Waals surface area contributed by atoms with Crippen molar-refractivity contribution in [3.05, 3.63) is 18.2 Å². The van der Waals surface area contributed by atoms with Gasteiger partial charge in [-0.25, -0.2) is 4.98 Å². The summed E-state index contributed by atoms with van der Waals surface area (Å²) in [4.78, 5) is 15.6. The maximum atomic E-state index is 11.5. The minimum atomic E-state index is -0.480. The molecule has 0 aliphatic heterocycles. The van der Waals surface area contributed by atoms with E-state index >= 15 is 0 Å². The van der Waals surface area contributed by atoms with Crippen molar-refractivity contribution in [3.63, 3.8) is 0 Å². The van der Waals surface area contributed by atoms with Crippen molar-refractivity contribution in [2.24, 2.45) is 11.5 Å². The molecule has 0 bridgehead atoms. The fraction of sp³-hybridized carbons (Fsp3) is 0.600. The smallest absolute Gasteiger partial charge is 0.152 e. The van der Waals surface area contributed by atoms with Gasteiger partial charge in [-0.05, 0) is 12.3 Å². The van der Waals surface area contributed by atoms with Crippen LogP contribution in [0.4, 0.5) is 0 Å². The minimum Gasteiger partial charge on any atom is -0.335 e. The highest BCUT2D eigenvalue weighted by Crippen LogP contribution is 2.00. The molecule has 0 fully saturated rings. The van der Waals surface area contributed by atoms with Gasteiger partial charge in [0.05, 0.1) is 18.1 Å². The molecule has 0 aromatic carbocycles. The van der Waals surface area contributed by atoms with Crippen LogP contribution in [0.15, 0.2) is 12.5 Å². The first kappa shape index (κ1) is 13.2. The summed E-state index contributed by atoms with van der Waals surface area (Å²) in [6.07, 6.45) is 4.71. The van der Waals surface area contributed by atoms with E-state index in [2.05, 4.69) is 17.6 Å². The summed E-state index contributed by atoms with van der Waals surface area (Å²) in [6.45, 7) is 1.03. The van der Waals surface area contributed by atoms with Crippen LogP contribution in [0.2, 0.25) is 0 Å². The maximum Gasteiger partial charge on any atom is 0.152 e. The molecule has 0 aliphatic carbocycles. The lowest BCUT2D eigenvalue weighted by atomic mass is 10.1. The number of imidazole rings is 1. The summed E-state index contributed by atoms with van der Waals surface area (Å²) in [7, 11) is 0. The monoisotopic (exact) mass is 242 g/mol. The number of Topliss-reactive ketones (excluding diaryl/α,β-unsaturated/α-hetero) is 1. The highest BCUT2D eigenvalue weighted by atomic mass is 32.1. The molecule has 0 amide bonds. The van der Waals surface area contributed by atoms with E-state index < -0.39 is 6.04 Å². The van der Waals surface area contributed by atoms with Crippen LogP contribution < -0.4 is 11.5 Å². The molecule has 6 heteroatoms. The molecule has 4 N–H and O–H groups in total. The summed E-state index contributed by atoms with van der Waals surface area (Å²) in [5.41, 5.74) is 12.1. The predicted molar refractivity (Wildman–Crippen MR) is 66.4 cm³/mol. The van der Waals surface area contributed by atoms with Crippen LogP contribution in [0.5, 0.6) is 0 Å². The molecule has 1 heterocycles. The van der Waals surface area contributed by atoms with Crippen molar-refractivity contribution in [1.82, 2.24) is 9.55 Å². The van der Waals surface area contributed by atoms with Crippen molar-refractivity contribution < 1.29 is 4.79 Å². The third kappa shape index (κ3) is 3.96. The number of hydrogen-bond acceptors (Lipinski definition) is 5. The van der Waals surface area contributed by atoms with Gasteiger partial charge >= 0.3 is 0 Å². The van der Waals surface area contributed by atoms with Gasteiger partial charge in [-0.2, -0.15) is 12.6 Å². The van der Waals surface area contributed by atoms with E-state index in [9.17, 15) is 4.79 Å². The van der Waals surface area contributed by atoms with Crippen LogP contribution in [0.1, 0.15) is 12.1 Å². The van der Waals surface area contributed by atoms with Gasteiger partial charge in [-0.3, -0.25) is 4.79 Å². The Morgan fingerprint density at radius 1 is 1.62 bits per heavy atom. The second kappa shape index (κ2) is 6.67. The van der Waals surface area contributed by atoms with E-state index in [-0.39, 0.29) is 5.78 Å². The normalized spacial score (nSPS) is 12.7. The number of aromatic nitrogens is 2. The second-order valence-electron chi connectivity index (χ2n) is 3.65. The van der Waals surface area contributed by atoms with E-state index in [1.807, 2.05) is 10.8 Å².